The number of nitrogens with one attached hydrogen (secondary N) is 1. The number of benzene rings is 2. The van der Waals surface area contributed by atoms with E-state index in [1.807, 2.05) is 0 Å². The Morgan fingerprint density at radius 1 is 1.14 bits per heavy atom. The molecule has 0 spiro atoms. The highest BCUT2D eigenvalue weighted by Crippen LogP contribution is 2.29. The number of esters is 1. The molecule has 29 heavy (non-hydrogen) atoms. The fraction of sp³-hybridized carbons (Fsp3) is 0.190. The van der Waals surface area contributed by atoms with E-state index in [-0.39, 0.29) is 12.5 Å². The first-order valence-corrected chi connectivity index (χ1v) is 8.78. The van der Waals surface area contributed by atoms with Crippen LogP contribution in [0.2, 0.25) is 0 Å². The zero-order valence-electron chi connectivity index (χ0n) is 16.0. The second kappa shape index (κ2) is 8.92. The molecular weight excluding hydrogens is 376 g/mol. The molecule has 0 saturated carbocycles. The summed E-state index contributed by atoms with van der Waals surface area (Å²) in [6, 6.07) is 12.1. The van der Waals surface area contributed by atoms with E-state index in [4.69, 9.17) is 14.2 Å². The number of nitrogens with zero attached hydrogens (tertiary/aromatic N) is 1. The third kappa shape index (κ3) is 4.73. The fourth-order valence-electron chi connectivity index (χ4n) is 2.84. The molecule has 0 bridgehead atoms. The lowest BCUT2D eigenvalue weighted by Gasteiger charge is -2.28. The molecule has 2 aromatic carbocycles. The van der Waals surface area contributed by atoms with Crippen LogP contribution < -0.4 is 19.7 Å². The van der Waals surface area contributed by atoms with E-state index in [0.29, 0.717) is 28.4 Å². The van der Waals surface area contributed by atoms with Crippen LogP contribution in [0.3, 0.4) is 0 Å². The first kappa shape index (κ1) is 19.9. The SMILES string of the molecule is COc1ccc(OC)c(/C=C/C(=O)OCC(=O)N2CC(=O)Nc3ccccc32)c1. The van der Waals surface area contributed by atoms with Gasteiger partial charge in [-0.25, -0.2) is 4.79 Å². The van der Waals surface area contributed by atoms with Gasteiger partial charge in [0.2, 0.25) is 5.91 Å². The van der Waals surface area contributed by atoms with E-state index in [0.717, 1.165) is 0 Å². The minimum Gasteiger partial charge on any atom is -0.497 e. The van der Waals surface area contributed by atoms with E-state index in [1.54, 1.807) is 42.5 Å². The number of fused-ring (bicyclic) bond motifs is 1. The number of carbonyl (C=O) groups excluding carboxylic acids is 3. The summed E-state index contributed by atoms with van der Waals surface area (Å²) in [6.45, 7) is -0.621. The molecular formula is C21H20N2O6. The predicted molar refractivity (Wildman–Crippen MR) is 107 cm³/mol. The highest BCUT2D eigenvalue weighted by atomic mass is 16.5. The van der Waals surface area contributed by atoms with Crippen molar-refractivity contribution in [3.63, 3.8) is 0 Å². The van der Waals surface area contributed by atoms with Crippen molar-refractivity contribution in [2.24, 2.45) is 0 Å². The maximum absolute atomic E-state index is 12.5. The molecule has 0 aromatic heterocycles. The molecule has 1 aliphatic heterocycles. The van der Waals surface area contributed by atoms with Crippen LogP contribution in [0.15, 0.2) is 48.5 Å². The van der Waals surface area contributed by atoms with Crippen LogP contribution >= 0.6 is 0 Å². The molecule has 150 valence electrons. The number of hydrogen-bond acceptors (Lipinski definition) is 6. The van der Waals surface area contributed by atoms with E-state index in [9.17, 15) is 14.4 Å². The average molecular weight is 396 g/mol. The second-order valence-corrected chi connectivity index (χ2v) is 6.09. The third-order valence-electron chi connectivity index (χ3n) is 4.25. The summed E-state index contributed by atoms with van der Waals surface area (Å²) in [5, 5.41) is 2.69. The zero-order valence-corrected chi connectivity index (χ0v) is 16.0. The molecule has 2 aromatic rings. The van der Waals surface area contributed by atoms with E-state index >= 15 is 0 Å². The van der Waals surface area contributed by atoms with Crippen molar-refractivity contribution in [2.75, 3.05) is 37.6 Å². The lowest BCUT2D eigenvalue weighted by molar-refractivity contribution is -0.143. The fourth-order valence-corrected chi connectivity index (χ4v) is 2.84. The van der Waals surface area contributed by atoms with Crippen LogP contribution in [0.5, 0.6) is 11.5 Å². The number of para-hydroxylation sites is 2. The van der Waals surface area contributed by atoms with Gasteiger partial charge >= 0.3 is 5.97 Å². The van der Waals surface area contributed by atoms with Crippen molar-refractivity contribution in [2.45, 2.75) is 0 Å². The molecule has 3 rings (SSSR count). The van der Waals surface area contributed by atoms with Crippen molar-refractivity contribution in [1.29, 1.82) is 0 Å². The van der Waals surface area contributed by atoms with Crippen LogP contribution in [-0.2, 0) is 19.1 Å². The molecule has 0 fully saturated rings. The summed E-state index contributed by atoms with van der Waals surface area (Å²) in [7, 11) is 3.05. The van der Waals surface area contributed by atoms with Crippen LogP contribution in [0.4, 0.5) is 11.4 Å². The maximum atomic E-state index is 12.5. The Labute approximate surface area is 167 Å². The maximum Gasteiger partial charge on any atom is 0.331 e. The molecule has 1 heterocycles. The van der Waals surface area contributed by atoms with Crippen molar-refractivity contribution in [1.82, 2.24) is 0 Å². The topological polar surface area (TPSA) is 94.2 Å². The molecule has 8 heteroatoms. The smallest absolute Gasteiger partial charge is 0.331 e. The summed E-state index contributed by atoms with van der Waals surface area (Å²) < 4.78 is 15.4. The second-order valence-electron chi connectivity index (χ2n) is 6.09. The summed E-state index contributed by atoms with van der Waals surface area (Å²) in [5.74, 6) is -0.336. The largest absolute Gasteiger partial charge is 0.497 e. The normalized spacial score (nSPS) is 12.9. The molecule has 2 amide bonds. The molecule has 0 aliphatic carbocycles. The zero-order chi connectivity index (χ0) is 20.8. The first-order chi connectivity index (χ1) is 14.0. The molecule has 0 unspecified atom stereocenters. The van der Waals surface area contributed by atoms with Crippen molar-refractivity contribution >= 4 is 35.2 Å². The van der Waals surface area contributed by atoms with Gasteiger partial charge in [-0.15, -0.1) is 0 Å². The Balaban J connectivity index is 1.63. The number of carbonyl (C=O) groups is 3. The Bertz CT molecular complexity index is 969. The quantitative estimate of drug-likeness (QED) is 0.595. The standard InChI is InChI=1S/C21H20N2O6/c1-27-15-8-9-18(28-2)14(11-15)7-10-21(26)29-13-20(25)23-12-19(24)22-16-5-3-4-6-17(16)23/h3-11H,12-13H2,1-2H3,(H,22,24)/b10-7+. The summed E-state index contributed by atoms with van der Waals surface area (Å²) in [4.78, 5) is 37.6. The lowest BCUT2D eigenvalue weighted by Crippen LogP contribution is -2.43. The summed E-state index contributed by atoms with van der Waals surface area (Å²) >= 11 is 0. The predicted octanol–water partition coefficient (Wildman–Crippen LogP) is 2.25. The number of hydrogen-bond donors (Lipinski definition) is 1. The summed E-state index contributed by atoms with van der Waals surface area (Å²) in [6.07, 6.45) is 2.71. The summed E-state index contributed by atoms with van der Waals surface area (Å²) in [5.41, 5.74) is 1.72. The average Bonchev–Trinajstić information content (AvgIpc) is 2.75. The Kier molecular flexibility index (Phi) is 6.13. The van der Waals surface area contributed by atoms with Gasteiger partial charge < -0.3 is 19.5 Å². The Morgan fingerprint density at radius 3 is 2.69 bits per heavy atom. The number of rotatable bonds is 6. The highest BCUT2D eigenvalue weighted by molar-refractivity contribution is 6.10. The number of amides is 2. The Hall–Kier alpha value is -3.81. The van der Waals surface area contributed by atoms with Gasteiger partial charge in [0.15, 0.2) is 6.61 Å². The Morgan fingerprint density at radius 2 is 1.93 bits per heavy atom. The number of methoxy groups -OCH3 is 2. The van der Waals surface area contributed by atoms with Crippen LogP contribution in [0, 0.1) is 0 Å². The van der Waals surface area contributed by atoms with Gasteiger partial charge in [0.25, 0.3) is 5.91 Å². The minimum atomic E-state index is -0.696. The van der Waals surface area contributed by atoms with E-state index in [1.165, 1.54) is 31.3 Å². The molecule has 0 atom stereocenters. The van der Waals surface area contributed by atoms with Crippen molar-refractivity contribution in [3.05, 3.63) is 54.1 Å². The van der Waals surface area contributed by atoms with E-state index < -0.39 is 18.5 Å². The highest BCUT2D eigenvalue weighted by Gasteiger charge is 2.27. The number of ether oxygens (including phenoxy) is 3. The van der Waals surface area contributed by atoms with Crippen LogP contribution in [0.1, 0.15) is 5.56 Å². The van der Waals surface area contributed by atoms with Gasteiger partial charge in [-0.1, -0.05) is 12.1 Å². The van der Waals surface area contributed by atoms with Gasteiger partial charge in [0.1, 0.15) is 18.0 Å². The molecule has 8 nitrogen and oxygen atoms in total. The van der Waals surface area contributed by atoms with Gasteiger partial charge in [0, 0.05) is 11.6 Å². The monoisotopic (exact) mass is 396 g/mol. The third-order valence-corrected chi connectivity index (χ3v) is 4.25. The minimum absolute atomic E-state index is 0.135. The van der Waals surface area contributed by atoms with Gasteiger partial charge in [-0.2, -0.15) is 0 Å². The number of anilines is 2. The van der Waals surface area contributed by atoms with Crippen LogP contribution in [0.25, 0.3) is 6.08 Å². The van der Waals surface area contributed by atoms with Gasteiger partial charge in [0.05, 0.1) is 25.6 Å². The molecule has 1 N–H and O–H groups in total. The lowest BCUT2D eigenvalue weighted by atomic mass is 10.1. The van der Waals surface area contributed by atoms with Crippen molar-refractivity contribution < 1.29 is 28.6 Å². The molecule has 0 saturated heterocycles. The van der Waals surface area contributed by atoms with Gasteiger partial charge in [-0.3, -0.25) is 14.5 Å². The van der Waals surface area contributed by atoms with E-state index in [2.05, 4.69) is 5.32 Å². The first-order valence-electron chi connectivity index (χ1n) is 8.78. The van der Waals surface area contributed by atoms with Crippen molar-refractivity contribution in [3.8, 4) is 11.5 Å². The van der Waals surface area contributed by atoms with Crippen LogP contribution in [-0.4, -0.2) is 45.2 Å². The van der Waals surface area contributed by atoms with Gasteiger partial charge in [-0.05, 0) is 36.4 Å². The molecule has 0 radical (unpaired) electrons. The molecule has 1 aliphatic rings.